The molecule has 3 heteroatoms. The Kier molecular flexibility index (Phi) is 3.13. The highest BCUT2D eigenvalue weighted by Gasteiger charge is 2.06. The number of hydrogen-bond acceptors (Lipinski definition) is 3. The van der Waals surface area contributed by atoms with Crippen molar-refractivity contribution in [2.75, 3.05) is 0 Å². The predicted octanol–water partition coefficient (Wildman–Crippen LogP) is 4.49. The average Bonchev–Trinajstić information content (AvgIpc) is 2.80. The lowest BCUT2D eigenvalue weighted by Crippen LogP contribution is -1.95. The van der Waals surface area contributed by atoms with E-state index >= 15 is 0 Å². The van der Waals surface area contributed by atoms with E-state index in [1.807, 2.05) is 37.3 Å². The quantitative estimate of drug-likeness (QED) is 0.759. The number of aryl methyl sites for hydroxylation is 1. The topological polar surface area (TPSA) is 29.5 Å². The molecule has 0 atom stereocenters. The molecule has 2 aromatic carbocycles. The lowest BCUT2D eigenvalue weighted by atomic mass is 10.2. The predicted molar refractivity (Wildman–Crippen MR) is 79.0 cm³/mol. The van der Waals surface area contributed by atoms with E-state index in [9.17, 15) is 5.11 Å². The van der Waals surface area contributed by atoms with Gasteiger partial charge < -0.3 is 9.84 Å². The van der Waals surface area contributed by atoms with Gasteiger partial charge in [0.15, 0.2) is 0 Å². The molecular formula is C16H14O2S. The molecule has 0 aliphatic carbocycles. The van der Waals surface area contributed by atoms with Crippen molar-refractivity contribution >= 4 is 21.4 Å². The van der Waals surface area contributed by atoms with Gasteiger partial charge in [0.1, 0.15) is 18.1 Å². The van der Waals surface area contributed by atoms with Gasteiger partial charge in [-0.3, -0.25) is 0 Å². The van der Waals surface area contributed by atoms with Gasteiger partial charge in [-0.1, -0.05) is 18.2 Å². The minimum Gasteiger partial charge on any atom is -0.508 e. The van der Waals surface area contributed by atoms with E-state index in [4.69, 9.17) is 4.74 Å². The maximum Gasteiger partial charge on any atom is 0.122 e. The van der Waals surface area contributed by atoms with Crippen LogP contribution >= 0.6 is 11.3 Å². The second kappa shape index (κ2) is 4.94. The Labute approximate surface area is 115 Å². The zero-order chi connectivity index (χ0) is 13.2. The summed E-state index contributed by atoms with van der Waals surface area (Å²) in [6, 6.07) is 13.5. The first-order valence-corrected chi connectivity index (χ1v) is 6.99. The maximum absolute atomic E-state index is 9.46. The van der Waals surface area contributed by atoms with E-state index in [0.29, 0.717) is 12.4 Å². The van der Waals surface area contributed by atoms with Crippen molar-refractivity contribution in [2.24, 2.45) is 0 Å². The second-order valence-electron chi connectivity index (χ2n) is 4.50. The van der Waals surface area contributed by atoms with Crippen molar-refractivity contribution in [3.05, 3.63) is 59.0 Å². The molecular weight excluding hydrogens is 256 g/mol. The molecule has 0 saturated carbocycles. The van der Waals surface area contributed by atoms with Crippen LogP contribution in [0.25, 0.3) is 10.1 Å². The van der Waals surface area contributed by atoms with Crippen LogP contribution in [0.15, 0.2) is 47.8 Å². The van der Waals surface area contributed by atoms with Gasteiger partial charge in [0.05, 0.1) is 0 Å². The van der Waals surface area contributed by atoms with Crippen LogP contribution in [0, 0.1) is 6.92 Å². The summed E-state index contributed by atoms with van der Waals surface area (Å²) in [6.07, 6.45) is 0. The number of phenolic OH excluding ortho intramolecular Hbond substituents is 1. The monoisotopic (exact) mass is 270 g/mol. The number of thiophene rings is 1. The summed E-state index contributed by atoms with van der Waals surface area (Å²) in [7, 11) is 0. The van der Waals surface area contributed by atoms with Gasteiger partial charge in [-0.15, -0.1) is 11.3 Å². The number of aromatic hydroxyl groups is 1. The summed E-state index contributed by atoms with van der Waals surface area (Å²) >= 11 is 1.63. The fourth-order valence-corrected chi connectivity index (χ4v) is 3.04. The summed E-state index contributed by atoms with van der Waals surface area (Å²) in [5.41, 5.74) is 2.29. The van der Waals surface area contributed by atoms with Crippen LogP contribution in [0.2, 0.25) is 0 Å². The standard InChI is InChI=1S/C16H14O2S/c1-11-4-2-3-5-15(11)18-9-12-10-19-16-8-13(17)6-7-14(12)16/h2-8,10,17H,9H2,1H3. The number of rotatable bonds is 3. The Balaban J connectivity index is 1.84. The minimum atomic E-state index is 0.306. The zero-order valence-corrected chi connectivity index (χ0v) is 11.4. The van der Waals surface area contributed by atoms with Crippen LogP contribution in [0.5, 0.6) is 11.5 Å². The molecule has 0 fully saturated rings. The first-order chi connectivity index (χ1) is 9.24. The fourth-order valence-electron chi connectivity index (χ4n) is 2.06. The molecule has 0 saturated heterocycles. The Morgan fingerprint density at radius 3 is 2.84 bits per heavy atom. The first kappa shape index (κ1) is 12.1. The average molecular weight is 270 g/mol. The lowest BCUT2D eigenvalue weighted by molar-refractivity contribution is 0.306. The number of para-hydroxylation sites is 1. The number of ether oxygens (including phenoxy) is 1. The Bertz CT molecular complexity index is 716. The van der Waals surface area contributed by atoms with Crippen molar-refractivity contribution in [1.29, 1.82) is 0 Å². The molecule has 0 radical (unpaired) electrons. The first-order valence-electron chi connectivity index (χ1n) is 6.11. The van der Waals surface area contributed by atoms with Crippen LogP contribution in [-0.4, -0.2) is 5.11 Å². The number of hydrogen-bond donors (Lipinski definition) is 1. The number of fused-ring (bicyclic) bond motifs is 1. The SMILES string of the molecule is Cc1ccccc1OCc1csc2cc(O)ccc12. The zero-order valence-electron chi connectivity index (χ0n) is 10.6. The number of phenols is 1. The highest BCUT2D eigenvalue weighted by atomic mass is 32.1. The van der Waals surface area contributed by atoms with Crippen molar-refractivity contribution in [2.45, 2.75) is 13.5 Å². The second-order valence-corrected chi connectivity index (χ2v) is 5.41. The van der Waals surface area contributed by atoms with Crippen molar-refractivity contribution in [1.82, 2.24) is 0 Å². The summed E-state index contributed by atoms with van der Waals surface area (Å²) in [5.74, 6) is 1.22. The van der Waals surface area contributed by atoms with Gasteiger partial charge in [0.2, 0.25) is 0 Å². The minimum absolute atomic E-state index is 0.306. The van der Waals surface area contributed by atoms with Gasteiger partial charge >= 0.3 is 0 Å². The van der Waals surface area contributed by atoms with Gasteiger partial charge in [0, 0.05) is 10.3 Å². The van der Waals surface area contributed by atoms with E-state index in [-0.39, 0.29) is 0 Å². The van der Waals surface area contributed by atoms with Crippen LogP contribution < -0.4 is 4.74 Å². The van der Waals surface area contributed by atoms with E-state index in [1.165, 1.54) is 0 Å². The van der Waals surface area contributed by atoms with E-state index in [0.717, 1.165) is 27.0 Å². The molecule has 1 heterocycles. The lowest BCUT2D eigenvalue weighted by Gasteiger charge is -2.08. The number of benzene rings is 2. The molecule has 1 aromatic heterocycles. The molecule has 96 valence electrons. The van der Waals surface area contributed by atoms with E-state index in [1.54, 1.807) is 23.5 Å². The third kappa shape index (κ3) is 2.42. The van der Waals surface area contributed by atoms with E-state index in [2.05, 4.69) is 5.38 Å². The third-order valence-corrected chi connectivity index (χ3v) is 4.11. The third-order valence-electron chi connectivity index (χ3n) is 3.12. The molecule has 3 rings (SSSR count). The van der Waals surface area contributed by atoms with Gasteiger partial charge in [-0.25, -0.2) is 0 Å². The molecule has 0 aliphatic heterocycles. The molecule has 0 bridgehead atoms. The van der Waals surface area contributed by atoms with Crippen LogP contribution in [0.4, 0.5) is 0 Å². The summed E-state index contributed by atoms with van der Waals surface area (Å²) < 4.78 is 6.95. The molecule has 0 spiro atoms. The maximum atomic E-state index is 9.46. The highest BCUT2D eigenvalue weighted by molar-refractivity contribution is 7.17. The highest BCUT2D eigenvalue weighted by Crippen LogP contribution is 2.30. The molecule has 2 nitrogen and oxygen atoms in total. The Morgan fingerprint density at radius 1 is 1.16 bits per heavy atom. The normalized spacial score (nSPS) is 10.8. The Hall–Kier alpha value is -2.00. The smallest absolute Gasteiger partial charge is 0.122 e. The summed E-state index contributed by atoms with van der Waals surface area (Å²) in [5, 5.41) is 12.7. The molecule has 3 aromatic rings. The summed E-state index contributed by atoms with van der Waals surface area (Å²) in [4.78, 5) is 0. The summed E-state index contributed by atoms with van der Waals surface area (Å²) in [6.45, 7) is 2.59. The largest absolute Gasteiger partial charge is 0.508 e. The van der Waals surface area contributed by atoms with Crippen molar-refractivity contribution in [3.8, 4) is 11.5 Å². The van der Waals surface area contributed by atoms with Crippen molar-refractivity contribution < 1.29 is 9.84 Å². The van der Waals surface area contributed by atoms with Gasteiger partial charge in [0.25, 0.3) is 0 Å². The molecule has 19 heavy (non-hydrogen) atoms. The molecule has 0 unspecified atom stereocenters. The molecule has 1 N–H and O–H groups in total. The van der Waals surface area contributed by atoms with Gasteiger partial charge in [-0.05, 0) is 47.5 Å². The van der Waals surface area contributed by atoms with Gasteiger partial charge in [-0.2, -0.15) is 0 Å². The van der Waals surface area contributed by atoms with Crippen LogP contribution in [0.3, 0.4) is 0 Å². The van der Waals surface area contributed by atoms with Crippen molar-refractivity contribution in [3.63, 3.8) is 0 Å². The fraction of sp³-hybridized carbons (Fsp3) is 0.125. The molecule has 0 aliphatic rings. The van der Waals surface area contributed by atoms with E-state index < -0.39 is 0 Å². The van der Waals surface area contributed by atoms with Crippen LogP contribution in [0.1, 0.15) is 11.1 Å². The van der Waals surface area contributed by atoms with Crippen LogP contribution in [-0.2, 0) is 6.61 Å². The Morgan fingerprint density at radius 2 is 2.00 bits per heavy atom. The molecule has 0 amide bonds.